The number of hydrogen-bond donors (Lipinski definition) is 0. The monoisotopic (exact) mass is 398 g/mol. The van der Waals surface area contributed by atoms with Crippen LogP contribution in [0.5, 0.6) is 17.2 Å². The fourth-order valence-corrected chi connectivity index (χ4v) is 3.61. The summed E-state index contributed by atoms with van der Waals surface area (Å²) in [4.78, 5) is 0. The minimum absolute atomic E-state index is 0.270. The second kappa shape index (κ2) is 9.01. The fourth-order valence-electron chi connectivity index (χ4n) is 2.92. The van der Waals surface area contributed by atoms with Gasteiger partial charge in [0.05, 0.1) is 6.61 Å². The van der Waals surface area contributed by atoms with Crippen molar-refractivity contribution in [3.05, 3.63) is 60.0 Å². The van der Waals surface area contributed by atoms with Crippen molar-refractivity contribution in [2.24, 2.45) is 0 Å². The highest BCUT2D eigenvalue weighted by atomic mass is 32.2. The zero-order valence-electron chi connectivity index (χ0n) is 15.7. The summed E-state index contributed by atoms with van der Waals surface area (Å²) < 4.78 is 22.2. The Hall–Kier alpha value is -2.67. The summed E-state index contributed by atoms with van der Waals surface area (Å²) >= 11 is 1.55. The lowest BCUT2D eigenvalue weighted by atomic mass is 9.98. The first-order valence-electron chi connectivity index (χ1n) is 9.30. The number of thioether (sulfide) groups is 1. The van der Waals surface area contributed by atoms with Crippen LogP contribution in [0.25, 0.3) is 0 Å². The van der Waals surface area contributed by atoms with Gasteiger partial charge in [0.15, 0.2) is 11.5 Å². The first-order valence-corrected chi connectivity index (χ1v) is 10.3. The molecule has 0 fully saturated rings. The van der Waals surface area contributed by atoms with Crippen molar-refractivity contribution in [1.82, 2.24) is 10.2 Å². The number of ether oxygens (including phenoxy) is 3. The standard InChI is InChI=1S/C21H22N2O4S/c1-15(16-6-3-2-4-7-16)12-20-22-23-21(27-20)28-11-5-10-24-17-8-9-18-19(13-17)26-14-25-18/h2-4,6-9,13,15H,5,10-12,14H2,1H3. The highest BCUT2D eigenvalue weighted by Gasteiger charge is 2.14. The molecule has 6 nitrogen and oxygen atoms in total. The summed E-state index contributed by atoms with van der Waals surface area (Å²) in [6.45, 7) is 3.05. The van der Waals surface area contributed by atoms with Crippen LogP contribution in [0.1, 0.15) is 30.7 Å². The number of benzene rings is 2. The quantitative estimate of drug-likeness (QED) is 0.382. The zero-order chi connectivity index (χ0) is 19.2. The van der Waals surface area contributed by atoms with Crippen LogP contribution >= 0.6 is 11.8 Å². The molecule has 0 amide bonds. The third kappa shape index (κ3) is 4.78. The van der Waals surface area contributed by atoms with Gasteiger partial charge in [-0.05, 0) is 30.0 Å². The Bertz CT molecular complexity index is 900. The van der Waals surface area contributed by atoms with Gasteiger partial charge in [-0.15, -0.1) is 10.2 Å². The summed E-state index contributed by atoms with van der Waals surface area (Å²) in [5.74, 6) is 4.14. The summed E-state index contributed by atoms with van der Waals surface area (Å²) in [6, 6.07) is 16.0. The molecule has 0 N–H and O–H groups in total. The molecule has 1 aliphatic rings. The lowest BCUT2D eigenvalue weighted by Crippen LogP contribution is -1.98. The highest BCUT2D eigenvalue weighted by Crippen LogP contribution is 2.35. The van der Waals surface area contributed by atoms with E-state index in [4.69, 9.17) is 18.6 Å². The van der Waals surface area contributed by atoms with Gasteiger partial charge in [0, 0.05) is 18.2 Å². The van der Waals surface area contributed by atoms with E-state index in [1.807, 2.05) is 36.4 Å². The number of hydrogen-bond acceptors (Lipinski definition) is 7. The van der Waals surface area contributed by atoms with Crippen molar-refractivity contribution in [2.75, 3.05) is 19.2 Å². The number of fused-ring (bicyclic) bond motifs is 1. The largest absolute Gasteiger partial charge is 0.493 e. The molecule has 4 rings (SSSR count). The molecule has 1 unspecified atom stereocenters. The minimum Gasteiger partial charge on any atom is -0.493 e. The normalized spacial score (nSPS) is 13.5. The van der Waals surface area contributed by atoms with Gasteiger partial charge in [-0.25, -0.2) is 0 Å². The van der Waals surface area contributed by atoms with E-state index >= 15 is 0 Å². The van der Waals surface area contributed by atoms with Crippen LogP contribution in [0.15, 0.2) is 58.2 Å². The Morgan fingerprint density at radius 1 is 1.07 bits per heavy atom. The molecule has 1 aromatic heterocycles. The van der Waals surface area contributed by atoms with Crippen molar-refractivity contribution in [3.8, 4) is 17.2 Å². The molecule has 0 spiro atoms. The fraction of sp³-hybridized carbons (Fsp3) is 0.333. The second-order valence-corrected chi connectivity index (χ2v) is 7.59. The van der Waals surface area contributed by atoms with Gasteiger partial charge in [-0.1, -0.05) is 49.0 Å². The van der Waals surface area contributed by atoms with Crippen LogP contribution in [0.4, 0.5) is 0 Å². The molecule has 28 heavy (non-hydrogen) atoms. The van der Waals surface area contributed by atoms with E-state index in [0.717, 1.165) is 35.8 Å². The number of aromatic nitrogens is 2. The van der Waals surface area contributed by atoms with E-state index in [-0.39, 0.29) is 6.79 Å². The third-order valence-corrected chi connectivity index (χ3v) is 5.33. The third-order valence-electron chi connectivity index (χ3n) is 4.42. The Labute approximate surface area is 168 Å². The minimum atomic E-state index is 0.270. The first-order chi connectivity index (χ1) is 13.8. The zero-order valence-corrected chi connectivity index (χ0v) is 16.5. The molecule has 1 aliphatic heterocycles. The lowest BCUT2D eigenvalue weighted by Gasteiger charge is -2.08. The van der Waals surface area contributed by atoms with Crippen LogP contribution in [0.3, 0.4) is 0 Å². The molecular weight excluding hydrogens is 376 g/mol. The van der Waals surface area contributed by atoms with Crippen LogP contribution in [0, 0.1) is 0 Å². The van der Waals surface area contributed by atoms with Gasteiger partial charge in [0.25, 0.3) is 5.22 Å². The predicted molar refractivity (Wildman–Crippen MR) is 106 cm³/mol. The van der Waals surface area contributed by atoms with Crippen LogP contribution < -0.4 is 14.2 Å². The van der Waals surface area contributed by atoms with Crippen molar-refractivity contribution in [1.29, 1.82) is 0 Å². The molecule has 0 saturated carbocycles. The molecule has 3 aromatic rings. The molecular formula is C21H22N2O4S. The molecule has 0 saturated heterocycles. The average molecular weight is 398 g/mol. The summed E-state index contributed by atoms with van der Waals surface area (Å²) in [5, 5.41) is 8.91. The van der Waals surface area contributed by atoms with Crippen molar-refractivity contribution in [2.45, 2.75) is 30.9 Å². The molecule has 0 bridgehead atoms. The Balaban J connectivity index is 1.18. The second-order valence-electron chi connectivity index (χ2n) is 6.54. The number of nitrogens with zero attached hydrogens (tertiary/aromatic N) is 2. The van der Waals surface area contributed by atoms with E-state index in [1.165, 1.54) is 5.56 Å². The maximum atomic E-state index is 5.76. The van der Waals surface area contributed by atoms with Crippen molar-refractivity contribution < 1.29 is 18.6 Å². The molecule has 2 aromatic carbocycles. The van der Waals surface area contributed by atoms with Gasteiger partial charge in [0.1, 0.15) is 5.75 Å². The van der Waals surface area contributed by atoms with E-state index in [2.05, 4.69) is 29.3 Å². The summed E-state index contributed by atoms with van der Waals surface area (Å²) in [6.07, 6.45) is 1.61. The van der Waals surface area contributed by atoms with Crippen LogP contribution in [0.2, 0.25) is 0 Å². The number of rotatable bonds is 9. The van der Waals surface area contributed by atoms with Crippen LogP contribution in [-0.2, 0) is 6.42 Å². The predicted octanol–water partition coefficient (Wildman–Crippen LogP) is 4.71. The molecule has 2 heterocycles. The van der Waals surface area contributed by atoms with E-state index in [9.17, 15) is 0 Å². The summed E-state index contributed by atoms with van der Waals surface area (Å²) in [5.41, 5.74) is 1.27. The first kappa shape index (κ1) is 18.7. The maximum absolute atomic E-state index is 5.76. The smallest absolute Gasteiger partial charge is 0.276 e. The van der Waals surface area contributed by atoms with E-state index < -0.39 is 0 Å². The summed E-state index contributed by atoms with van der Waals surface area (Å²) in [7, 11) is 0. The van der Waals surface area contributed by atoms with Crippen LogP contribution in [-0.4, -0.2) is 29.4 Å². The van der Waals surface area contributed by atoms with Crippen molar-refractivity contribution in [3.63, 3.8) is 0 Å². The molecule has 1 atom stereocenters. The van der Waals surface area contributed by atoms with Crippen molar-refractivity contribution >= 4 is 11.8 Å². The lowest BCUT2D eigenvalue weighted by molar-refractivity contribution is 0.173. The SMILES string of the molecule is CC(Cc1nnc(SCCCOc2ccc3c(c2)OCO3)o1)c1ccccc1. The highest BCUT2D eigenvalue weighted by molar-refractivity contribution is 7.99. The van der Waals surface area contributed by atoms with Gasteiger partial charge in [0.2, 0.25) is 12.7 Å². The maximum Gasteiger partial charge on any atom is 0.276 e. The van der Waals surface area contributed by atoms with E-state index in [1.54, 1.807) is 11.8 Å². The Morgan fingerprint density at radius 2 is 1.93 bits per heavy atom. The van der Waals surface area contributed by atoms with Gasteiger partial charge < -0.3 is 18.6 Å². The molecule has 0 aliphatic carbocycles. The van der Waals surface area contributed by atoms with Gasteiger partial charge in [-0.2, -0.15) is 0 Å². The molecule has 146 valence electrons. The molecule has 7 heteroatoms. The van der Waals surface area contributed by atoms with Gasteiger partial charge >= 0.3 is 0 Å². The Kier molecular flexibility index (Phi) is 6.01. The molecule has 0 radical (unpaired) electrons. The topological polar surface area (TPSA) is 66.6 Å². The van der Waals surface area contributed by atoms with Gasteiger partial charge in [-0.3, -0.25) is 0 Å². The van der Waals surface area contributed by atoms with E-state index in [0.29, 0.717) is 23.6 Å². The Morgan fingerprint density at radius 3 is 2.82 bits per heavy atom. The average Bonchev–Trinajstić information content (AvgIpc) is 3.37.